The Kier molecular flexibility index (Phi) is 5.01. The first kappa shape index (κ1) is 16.3. The van der Waals surface area contributed by atoms with Crippen molar-refractivity contribution in [2.45, 2.75) is 13.1 Å². The minimum atomic E-state index is -0.220. The molecule has 1 amide bonds. The number of hydrogen-bond donors (Lipinski definition) is 1. The number of para-hydroxylation sites is 1. The lowest BCUT2D eigenvalue weighted by Crippen LogP contribution is -2.40. The molecule has 1 aliphatic rings. The van der Waals surface area contributed by atoms with Gasteiger partial charge >= 0.3 is 0 Å². The molecule has 0 saturated carbocycles. The Morgan fingerprint density at radius 3 is 2.79 bits per heavy atom. The minimum absolute atomic E-state index is 0.0111. The summed E-state index contributed by atoms with van der Waals surface area (Å²) in [6.45, 7) is 3.71. The lowest BCUT2D eigenvalue weighted by Gasteiger charge is -2.35. The predicted octanol–water partition coefficient (Wildman–Crippen LogP) is 3.30. The van der Waals surface area contributed by atoms with Gasteiger partial charge in [-0.3, -0.25) is 4.79 Å². The number of carbonyl (C=O) groups is 1. The van der Waals surface area contributed by atoms with Crippen LogP contribution in [0.5, 0.6) is 5.75 Å². The van der Waals surface area contributed by atoms with E-state index in [2.05, 4.69) is 5.32 Å². The monoisotopic (exact) mass is 326 g/mol. The maximum Gasteiger partial charge on any atom is 0.257 e. The van der Waals surface area contributed by atoms with Gasteiger partial charge in [-0.15, -0.1) is 0 Å². The predicted molar refractivity (Wildman–Crippen MR) is 93.3 cm³/mol. The molecule has 0 aliphatic carbocycles. The Morgan fingerprint density at radius 2 is 1.96 bits per heavy atom. The van der Waals surface area contributed by atoms with E-state index in [-0.39, 0.29) is 12.1 Å². The van der Waals surface area contributed by atoms with Crippen LogP contribution in [-0.2, 0) is 4.74 Å². The molecule has 2 aromatic carbocycles. The normalized spacial score (nSPS) is 16.5. The fourth-order valence-corrected chi connectivity index (χ4v) is 2.79. The largest absolute Gasteiger partial charge is 0.491 e. The highest BCUT2D eigenvalue weighted by molar-refractivity contribution is 6.01. The van der Waals surface area contributed by atoms with Crippen molar-refractivity contribution in [2.75, 3.05) is 32.2 Å². The Bertz CT molecular complexity index is 717. The van der Waals surface area contributed by atoms with Gasteiger partial charge in [-0.2, -0.15) is 0 Å². The van der Waals surface area contributed by atoms with Crippen LogP contribution >= 0.6 is 0 Å². The quantitative estimate of drug-likeness (QED) is 0.828. The van der Waals surface area contributed by atoms with E-state index < -0.39 is 0 Å². The topological polar surface area (TPSA) is 50.8 Å². The number of fused-ring (bicyclic) bond motifs is 1. The summed E-state index contributed by atoms with van der Waals surface area (Å²) >= 11 is 0. The first-order chi connectivity index (χ1) is 11.7. The third-order valence-electron chi connectivity index (χ3n) is 4.03. The second-order valence-electron chi connectivity index (χ2n) is 5.63. The molecule has 0 saturated heterocycles. The number of ether oxygens (including phenoxy) is 2. The smallest absolute Gasteiger partial charge is 0.257 e. The summed E-state index contributed by atoms with van der Waals surface area (Å²) in [5.74, 6) is 0.783. The molecule has 1 atom stereocenters. The van der Waals surface area contributed by atoms with Gasteiger partial charge in [-0.25, -0.2) is 0 Å². The molecule has 1 unspecified atom stereocenters. The summed E-state index contributed by atoms with van der Waals surface area (Å²) in [6, 6.07) is 15.4. The third-order valence-corrected chi connectivity index (χ3v) is 4.03. The van der Waals surface area contributed by atoms with E-state index in [0.717, 1.165) is 17.0 Å². The van der Waals surface area contributed by atoms with Crippen molar-refractivity contribution in [2.24, 2.45) is 0 Å². The van der Waals surface area contributed by atoms with Gasteiger partial charge in [0.05, 0.1) is 12.2 Å². The second-order valence-corrected chi connectivity index (χ2v) is 5.63. The van der Waals surface area contributed by atoms with Gasteiger partial charge in [0, 0.05) is 19.3 Å². The van der Waals surface area contributed by atoms with Crippen molar-refractivity contribution in [1.29, 1.82) is 0 Å². The van der Waals surface area contributed by atoms with Crippen LogP contribution in [0.25, 0.3) is 0 Å². The minimum Gasteiger partial charge on any atom is -0.491 e. The van der Waals surface area contributed by atoms with Gasteiger partial charge < -0.3 is 19.7 Å². The van der Waals surface area contributed by atoms with Gasteiger partial charge in [0.1, 0.15) is 18.5 Å². The highest BCUT2D eigenvalue weighted by atomic mass is 16.5. The van der Waals surface area contributed by atoms with Crippen LogP contribution in [0.2, 0.25) is 0 Å². The lowest BCUT2D eigenvalue weighted by atomic mass is 10.0. The summed E-state index contributed by atoms with van der Waals surface area (Å²) < 4.78 is 11.0. The first-order valence-electron chi connectivity index (χ1n) is 8.14. The zero-order valence-corrected chi connectivity index (χ0v) is 14.0. The Morgan fingerprint density at radius 1 is 1.12 bits per heavy atom. The van der Waals surface area contributed by atoms with Crippen LogP contribution in [-0.4, -0.2) is 37.7 Å². The summed E-state index contributed by atoms with van der Waals surface area (Å²) in [6.07, 6.45) is -0.220. The standard InChI is InChI=1S/C19H22N2O3/c1-3-23-11-12-24-15-8-6-7-14(13-15)18-20-17-10-5-4-9-16(17)19(22)21(18)2/h4-10,13,18,20H,3,11-12H2,1-2H3. The lowest BCUT2D eigenvalue weighted by molar-refractivity contribution is 0.0735. The van der Waals surface area contributed by atoms with E-state index in [1.54, 1.807) is 11.9 Å². The van der Waals surface area contributed by atoms with Crippen LogP contribution in [0.15, 0.2) is 48.5 Å². The second kappa shape index (κ2) is 7.36. The molecule has 2 aromatic rings. The number of nitrogens with one attached hydrogen (secondary N) is 1. The van der Waals surface area contributed by atoms with Gasteiger partial charge in [0.2, 0.25) is 0 Å². The summed E-state index contributed by atoms with van der Waals surface area (Å²) in [4.78, 5) is 14.3. The number of anilines is 1. The number of benzene rings is 2. The number of amides is 1. The number of hydrogen-bond acceptors (Lipinski definition) is 4. The molecule has 5 nitrogen and oxygen atoms in total. The highest BCUT2D eigenvalue weighted by Crippen LogP contribution is 2.32. The molecular formula is C19H22N2O3. The summed E-state index contributed by atoms with van der Waals surface area (Å²) in [7, 11) is 1.80. The Balaban J connectivity index is 1.78. The van der Waals surface area contributed by atoms with Crippen LogP contribution in [0.1, 0.15) is 29.0 Å². The fraction of sp³-hybridized carbons (Fsp3) is 0.316. The zero-order valence-electron chi connectivity index (χ0n) is 14.0. The highest BCUT2D eigenvalue weighted by Gasteiger charge is 2.29. The molecular weight excluding hydrogens is 304 g/mol. The van der Waals surface area contributed by atoms with Crippen LogP contribution in [0.3, 0.4) is 0 Å². The van der Waals surface area contributed by atoms with Gasteiger partial charge in [-0.1, -0.05) is 24.3 Å². The first-order valence-corrected chi connectivity index (χ1v) is 8.14. The Hall–Kier alpha value is -2.53. The van der Waals surface area contributed by atoms with E-state index in [1.807, 2.05) is 55.5 Å². The molecule has 0 aromatic heterocycles. The maximum absolute atomic E-state index is 12.6. The van der Waals surface area contributed by atoms with E-state index in [1.165, 1.54) is 0 Å². The molecule has 0 fully saturated rings. The van der Waals surface area contributed by atoms with Crippen molar-refractivity contribution < 1.29 is 14.3 Å². The van der Waals surface area contributed by atoms with Crippen molar-refractivity contribution in [3.63, 3.8) is 0 Å². The molecule has 1 heterocycles. The van der Waals surface area contributed by atoms with Crippen molar-refractivity contribution in [3.05, 3.63) is 59.7 Å². The van der Waals surface area contributed by atoms with Crippen molar-refractivity contribution in [1.82, 2.24) is 4.90 Å². The Labute approximate surface area is 142 Å². The van der Waals surface area contributed by atoms with Crippen LogP contribution < -0.4 is 10.1 Å². The van der Waals surface area contributed by atoms with E-state index in [9.17, 15) is 4.79 Å². The van der Waals surface area contributed by atoms with Crippen molar-refractivity contribution in [3.8, 4) is 5.75 Å². The average molecular weight is 326 g/mol. The van der Waals surface area contributed by atoms with E-state index in [0.29, 0.717) is 25.4 Å². The number of carbonyl (C=O) groups excluding carboxylic acids is 1. The van der Waals surface area contributed by atoms with Crippen molar-refractivity contribution >= 4 is 11.6 Å². The zero-order chi connectivity index (χ0) is 16.9. The van der Waals surface area contributed by atoms with E-state index >= 15 is 0 Å². The molecule has 3 rings (SSSR count). The van der Waals surface area contributed by atoms with Crippen LogP contribution in [0, 0.1) is 0 Å². The van der Waals surface area contributed by atoms with Gasteiger partial charge in [0.15, 0.2) is 0 Å². The van der Waals surface area contributed by atoms with E-state index in [4.69, 9.17) is 9.47 Å². The number of rotatable bonds is 6. The third kappa shape index (κ3) is 3.36. The summed E-state index contributed by atoms with van der Waals surface area (Å²) in [5.41, 5.74) is 2.53. The molecule has 0 radical (unpaired) electrons. The molecule has 126 valence electrons. The average Bonchev–Trinajstić information content (AvgIpc) is 2.62. The molecule has 5 heteroatoms. The number of nitrogens with zero attached hydrogens (tertiary/aromatic N) is 1. The van der Waals surface area contributed by atoms with Gasteiger partial charge in [-0.05, 0) is 36.8 Å². The molecule has 1 N–H and O–H groups in total. The molecule has 24 heavy (non-hydrogen) atoms. The van der Waals surface area contributed by atoms with Gasteiger partial charge in [0.25, 0.3) is 5.91 Å². The van der Waals surface area contributed by atoms with Crippen LogP contribution in [0.4, 0.5) is 5.69 Å². The molecule has 1 aliphatic heterocycles. The summed E-state index contributed by atoms with van der Waals surface area (Å²) in [5, 5.41) is 3.42. The SMILES string of the molecule is CCOCCOc1cccc(C2Nc3ccccc3C(=O)N2C)c1. The molecule has 0 spiro atoms. The molecule has 0 bridgehead atoms. The maximum atomic E-state index is 12.6. The fourth-order valence-electron chi connectivity index (χ4n) is 2.79.